The molecule has 1 aliphatic heterocycles. The van der Waals surface area contributed by atoms with Crippen molar-refractivity contribution in [1.82, 2.24) is 9.80 Å². The quantitative estimate of drug-likeness (QED) is 0.532. The van der Waals surface area contributed by atoms with Gasteiger partial charge in [0.1, 0.15) is 12.4 Å². The van der Waals surface area contributed by atoms with Gasteiger partial charge in [-0.25, -0.2) is 0 Å². The minimum absolute atomic E-state index is 0.0852. The van der Waals surface area contributed by atoms with E-state index in [1.807, 2.05) is 24.0 Å². The largest absolute Gasteiger partial charge is 0.491 e. The summed E-state index contributed by atoms with van der Waals surface area (Å²) in [6, 6.07) is 9.67. The molecular weight excluding hydrogens is 448 g/mol. The summed E-state index contributed by atoms with van der Waals surface area (Å²) in [5.74, 6) is 0.824. The van der Waals surface area contributed by atoms with Gasteiger partial charge in [0, 0.05) is 35.6 Å². The second-order valence-electron chi connectivity index (χ2n) is 8.39. The predicted octanol–water partition coefficient (Wildman–Crippen LogP) is 3.77. The fourth-order valence-corrected chi connectivity index (χ4v) is 5.26. The monoisotopic (exact) mass is 478 g/mol. The minimum Gasteiger partial charge on any atom is -0.491 e. The van der Waals surface area contributed by atoms with Crippen LogP contribution in [-0.2, 0) is 16.0 Å². The molecule has 0 spiro atoms. The molecule has 2 heterocycles. The molecule has 1 aliphatic carbocycles. The summed E-state index contributed by atoms with van der Waals surface area (Å²) >= 11 is 7.73. The Kier molecular flexibility index (Phi) is 8.07. The average Bonchev–Trinajstić information content (AvgIpc) is 3.53. The van der Waals surface area contributed by atoms with Crippen molar-refractivity contribution in [3.8, 4) is 5.75 Å². The maximum Gasteiger partial charge on any atom is 0.237 e. The summed E-state index contributed by atoms with van der Waals surface area (Å²) in [6.07, 6.45) is 2.43. The molecule has 8 heteroatoms. The van der Waals surface area contributed by atoms with Crippen LogP contribution in [0, 0.1) is 0 Å². The topological polar surface area (TPSA) is 62.2 Å². The molecule has 1 amide bonds. The van der Waals surface area contributed by atoms with E-state index in [2.05, 4.69) is 16.3 Å². The summed E-state index contributed by atoms with van der Waals surface area (Å²) in [5.41, 5.74) is 1.18. The molecule has 4 rings (SSSR count). The highest BCUT2D eigenvalue weighted by molar-refractivity contribution is 7.10. The van der Waals surface area contributed by atoms with Gasteiger partial charge in [0.2, 0.25) is 5.91 Å². The first-order valence-electron chi connectivity index (χ1n) is 11.3. The van der Waals surface area contributed by atoms with Crippen LogP contribution in [0.25, 0.3) is 0 Å². The summed E-state index contributed by atoms with van der Waals surface area (Å²) in [6.45, 7) is 4.63. The first-order valence-corrected chi connectivity index (χ1v) is 12.5. The Balaban J connectivity index is 1.43. The third-order valence-corrected chi connectivity index (χ3v) is 7.25. The van der Waals surface area contributed by atoms with Gasteiger partial charge in [-0.3, -0.25) is 9.69 Å². The highest BCUT2D eigenvalue weighted by Gasteiger charge is 2.36. The first kappa shape index (κ1) is 23.5. The lowest BCUT2D eigenvalue weighted by atomic mass is 10.0. The Labute approximate surface area is 198 Å². The molecular formula is C24H31ClN2O4S. The van der Waals surface area contributed by atoms with Gasteiger partial charge in [-0.15, -0.1) is 11.3 Å². The molecule has 1 saturated carbocycles. The van der Waals surface area contributed by atoms with Gasteiger partial charge in [0.15, 0.2) is 0 Å². The Morgan fingerprint density at radius 3 is 2.81 bits per heavy atom. The molecule has 2 atom stereocenters. The molecule has 1 aromatic carbocycles. The molecule has 0 saturated heterocycles. The molecule has 2 aromatic rings. The van der Waals surface area contributed by atoms with E-state index in [4.69, 9.17) is 21.1 Å². The molecule has 174 valence electrons. The number of thiophene rings is 1. The SMILES string of the molecule is CCOC[C@@H](O)CN(CC(=O)N1CCc2sccc2[C@H]1COc1ccc(Cl)cc1)C1CC1. The lowest BCUT2D eigenvalue weighted by Crippen LogP contribution is -2.48. The Bertz CT molecular complexity index is 886. The Morgan fingerprint density at radius 1 is 1.31 bits per heavy atom. The third-order valence-electron chi connectivity index (χ3n) is 6.00. The van der Waals surface area contributed by atoms with Gasteiger partial charge in [-0.1, -0.05) is 11.6 Å². The maximum atomic E-state index is 13.4. The number of rotatable bonds is 11. The second kappa shape index (κ2) is 11.0. The van der Waals surface area contributed by atoms with Crippen LogP contribution in [0.2, 0.25) is 5.02 Å². The van der Waals surface area contributed by atoms with E-state index in [-0.39, 0.29) is 11.9 Å². The van der Waals surface area contributed by atoms with Crippen molar-refractivity contribution in [3.05, 3.63) is 51.2 Å². The molecule has 0 radical (unpaired) electrons. The molecule has 0 unspecified atom stereocenters. The van der Waals surface area contributed by atoms with Gasteiger partial charge >= 0.3 is 0 Å². The van der Waals surface area contributed by atoms with Gasteiger partial charge in [-0.2, -0.15) is 0 Å². The van der Waals surface area contributed by atoms with Crippen LogP contribution in [0.4, 0.5) is 0 Å². The number of carbonyl (C=O) groups is 1. The van der Waals surface area contributed by atoms with Crippen molar-refractivity contribution in [3.63, 3.8) is 0 Å². The summed E-state index contributed by atoms with van der Waals surface area (Å²) in [7, 11) is 0. The smallest absolute Gasteiger partial charge is 0.237 e. The molecule has 0 bridgehead atoms. The number of carbonyl (C=O) groups excluding carboxylic acids is 1. The van der Waals surface area contributed by atoms with Gasteiger partial charge in [-0.05, 0) is 67.5 Å². The summed E-state index contributed by atoms with van der Waals surface area (Å²) in [5, 5.41) is 13.1. The van der Waals surface area contributed by atoms with Crippen LogP contribution >= 0.6 is 22.9 Å². The van der Waals surface area contributed by atoms with Crippen LogP contribution in [0.5, 0.6) is 5.75 Å². The van der Waals surface area contributed by atoms with Gasteiger partial charge < -0.3 is 19.5 Å². The molecule has 6 nitrogen and oxygen atoms in total. The molecule has 1 aromatic heterocycles. The fourth-order valence-electron chi connectivity index (χ4n) is 4.20. The zero-order valence-electron chi connectivity index (χ0n) is 18.4. The van der Waals surface area contributed by atoms with Crippen LogP contribution in [0.1, 0.15) is 36.2 Å². The number of fused-ring (bicyclic) bond motifs is 1. The molecule has 2 aliphatic rings. The lowest BCUT2D eigenvalue weighted by molar-refractivity contribution is -0.136. The van der Waals surface area contributed by atoms with Crippen LogP contribution in [0.3, 0.4) is 0 Å². The molecule has 1 fully saturated rings. The highest BCUT2D eigenvalue weighted by atomic mass is 35.5. The van der Waals surface area contributed by atoms with Gasteiger partial charge in [0.05, 0.1) is 25.3 Å². The van der Waals surface area contributed by atoms with Crippen LogP contribution in [-0.4, -0.2) is 72.4 Å². The fraction of sp³-hybridized carbons (Fsp3) is 0.542. The minimum atomic E-state index is -0.586. The van der Waals surface area contributed by atoms with E-state index < -0.39 is 6.10 Å². The molecule has 32 heavy (non-hydrogen) atoms. The van der Waals surface area contributed by atoms with Crippen molar-refractivity contribution in [2.24, 2.45) is 0 Å². The van der Waals surface area contributed by atoms with E-state index in [0.717, 1.165) is 25.0 Å². The van der Waals surface area contributed by atoms with E-state index >= 15 is 0 Å². The number of aliphatic hydroxyl groups excluding tert-OH is 1. The zero-order chi connectivity index (χ0) is 22.5. The van der Waals surface area contributed by atoms with Crippen molar-refractivity contribution in [2.75, 3.05) is 39.5 Å². The number of halogens is 1. The summed E-state index contributed by atoms with van der Waals surface area (Å²) < 4.78 is 11.4. The van der Waals surface area contributed by atoms with Crippen LogP contribution in [0.15, 0.2) is 35.7 Å². The van der Waals surface area contributed by atoms with Gasteiger partial charge in [0.25, 0.3) is 0 Å². The van der Waals surface area contributed by atoms with E-state index in [9.17, 15) is 9.90 Å². The number of ether oxygens (including phenoxy) is 2. The number of aliphatic hydroxyl groups is 1. The van der Waals surface area contributed by atoms with E-state index in [1.54, 1.807) is 23.5 Å². The molecule has 1 N–H and O–H groups in total. The van der Waals surface area contributed by atoms with Crippen molar-refractivity contribution < 1.29 is 19.4 Å². The first-order chi connectivity index (χ1) is 15.5. The number of amides is 1. The normalized spacial score (nSPS) is 19.1. The zero-order valence-corrected chi connectivity index (χ0v) is 20.0. The Hall–Kier alpha value is -1.64. The standard InChI is InChI=1S/C24H31ClN2O4S/c1-2-30-15-19(28)13-26(18-5-6-18)14-24(29)27-11-9-23-21(10-12-32-23)22(27)16-31-20-7-3-17(25)4-8-20/h3-4,7-8,10,12,18-19,22,28H,2,5-6,9,11,13-16H2,1H3/t19-,22+/m0/s1. The lowest BCUT2D eigenvalue weighted by Gasteiger charge is -2.37. The van der Waals surface area contributed by atoms with Crippen molar-refractivity contribution in [1.29, 1.82) is 0 Å². The number of nitrogens with zero attached hydrogens (tertiary/aromatic N) is 2. The third kappa shape index (κ3) is 6.02. The maximum absolute atomic E-state index is 13.4. The van der Waals surface area contributed by atoms with Crippen LogP contribution < -0.4 is 4.74 Å². The Morgan fingerprint density at radius 2 is 2.09 bits per heavy atom. The summed E-state index contributed by atoms with van der Waals surface area (Å²) in [4.78, 5) is 18.8. The highest BCUT2D eigenvalue weighted by Crippen LogP contribution is 2.35. The number of hydrogen-bond donors (Lipinski definition) is 1. The van der Waals surface area contributed by atoms with E-state index in [0.29, 0.717) is 50.5 Å². The second-order valence-corrected chi connectivity index (χ2v) is 9.83. The predicted molar refractivity (Wildman–Crippen MR) is 127 cm³/mol. The number of hydrogen-bond acceptors (Lipinski definition) is 6. The number of benzene rings is 1. The van der Waals surface area contributed by atoms with E-state index in [1.165, 1.54) is 10.4 Å². The average molecular weight is 479 g/mol. The van der Waals surface area contributed by atoms with Crippen molar-refractivity contribution in [2.45, 2.75) is 44.4 Å². The van der Waals surface area contributed by atoms with Crippen molar-refractivity contribution >= 4 is 28.8 Å².